The first-order valence-electron chi connectivity index (χ1n) is 9.88. The van der Waals surface area contributed by atoms with Crippen molar-refractivity contribution in [2.45, 2.75) is 32.7 Å². The van der Waals surface area contributed by atoms with Crippen molar-refractivity contribution in [1.29, 1.82) is 0 Å². The minimum Gasteiger partial charge on any atom is -0.478 e. The van der Waals surface area contributed by atoms with E-state index in [4.69, 9.17) is 4.74 Å². The van der Waals surface area contributed by atoms with Crippen LogP contribution in [0, 0.1) is 6.92 Å². The molecule has 0 radical (unpaired) electrons. The lowest BCUT2D eigenvalue weighted by molar-refractivity contribution is 0.0719. The van der Waals surface area contributed by atoms with Crippen LogP contribution in [0.4, 0.5) is 5.82 Å². The molecule has 1 fully saturated rings. The number of likely N-dealkylation sites (tertiary alicyclic amines) is 1. The number of rotatable bonds is 6. The standard InChI is InChI=1S/C21H25N5O2S/c1-3-28-20-10-19(23-13-24-20)25-15-6-8-26(9-7-15)21(27)17-12-22-11-16(17)18-5-4-14(2)29-18/h4-5,10-13,15,22H,3,6-9H2,1-2H3,(H,23,24,25). The van der Waals surface area contributed by atoms with Gasteiger partial charge in [0.05, 0.1) is 12.2 Å². The van der Waals surface area contributed by atoms with Gasteiger partial charge in [0.25, 0.3) is 5.91 Å². The molecular weight excluding hydrogens is 386 g/mol. The zero-order valence-corrected chi connectivity index (χ0v) is 17.5. The number of aromatic amines is 1. The number of nitrogens with one attached hydrogen (secondary N) is 2. The van der Waals surface area contributed by atoms with E-state index in [0.29, 0.717) is 25.6 Å². The Labute approximate surface area is 174 Å². The molecule has 7 nitrogen and oxygen atoms in total. The Bertz CT molecular complexity index is 975. The number of piperidine rings is 1. The van der Waals surface area contributed by atoms with Crippen molar-refractivity contribution in [2.75, 3.05) is 25.0 Å². The molecule has 4 heterocycles. The fourth-order valence-electron chi connectivity index (χ4n) is 3.58. The van der Waals surface area contributed by atoms with E-state index < -0.39 is 0 Å². The van der Waals surface area contributed by atoms with E-state index in [9.17, 15) is 4.79 Å². The van der Waals surface area contributed by atoms with Crippen molar-refractivity contribution in [2.24, 2.45) is 0 Å². The van der Waals surface area contributed by atoms with Gasteiger partial charge >= 0.3 is 0 Å². The molecule has 4 rings (SSSR count). The Kier molecular flexibility index (Phi) is 5.80. The zero-order valence-electron chi connectivity index (χ0n) is 16.6. The number of H-pyrrole nitrogens is 1. The second-order valence-corrected chi connectivity index (χ2v) is 8.37. The molecule has 1 aliphatic heterocycles. The van der Waals surface area contributed by atoms with E-state index in [1.54, 1.807) is 11.3 Å². The molecule has 0 saturated carbocycles. The maximum Gasteiger partial charge on any atom is 0.256 e. The van der Waals surface area contributed by atoms with Crippen molar-refractivity contribution < 1.29 is 9.53 Å². The predicted octanol–water partition coefficient (Wildman–Crippen LogP) is 3.96. The normalized spacial score (nSPS) is 14.8. The van der Waals surface area contributed by atoms with Crippen molar-refractivity contribution >= 4 is 23.1 Å². The van der Waals surface area contributed by atoms with Gasteiger partial charge in [-0.15, -0.1) is 11.3 Å². The number of anilines is 1. The van der Waals surface area contributed by atoms with Gasteiger partial charge in [0.1, 0.15) is 12.1 Å². The molecule has 3 aromatic rings. The SMILES string of the molecule is CCOc1cc(NC2CCN(C(=O)c3c[nH]cc3-c3ccc(C)s3)CC2)ncn1. The maximum atomic E-state index is 13.1. The van der Waals surface area contributed by atoms with E-state index in [0.717, 1.165) is 34.7 Å². The van der Waals surface area contributed by atoms with Crippen LogP contribution in [0.15, 0.2) is 36.9 Å². The summed E-state index contributed by atoms with van der Waals surface area (Å²) in [6, 6.07) is 6.25. The number of thiophene rings is 1. The lowest BCUT2D eigenvalue weighted by Gasteiger charge is -2.32. The van der Waals surface area contributed by atoms with Gasteiger partial charge in [-0.25, -0.2) is 9.97 Å². The van der Waals surface area contributed by atoms with Crippen LogP contribution in [0.2, 0.25) is 0 Å². The maximum absolute atomic E-state index is 13.1. The van der Waals surface area contributed by atoms with Gasteiger partial charge in [0, 0.05) is 52.9 Å². The highest BCUT2D eigenvalue weighted by molar-refractivity contribution is 7.15. The van der Waals surface area contributed by atoms with E-state index in [2.05, 4.69) is 39.3 Å². The van der Waals surface area contributed by atoms with Crippen molar-refractivity contribution in [3.8, 4) is 16.3 Å². The lowest BCUT2D eigenvalue weighted by Crippen LogP contribution is -2.42. The molecular formula is C21H25N5O2S. The van der Waals surface area contributed by atoms with Gasteiger partial charge in [-0.3, -0.25) is 4.79 Å². The van der Waals surface area contributed by atoms with Gasteiger partial charge in [0.15, 0.2) is 0 Å². The summed E-state index contributed by atoms with van der Waals surface area (Å²) in [5.41, 5.74) is 1.73. The zero-order chi connectivity index (χ0) is 20.2. The number of aromatic nitrogens is 3. The Balaban J connectivity index is 1.37. The molecule has 1 aliphatic rings. The third-order valence-corrected chi connectivity index (χ3v) is 6.08. The fourth-order valence-corrected chi connectivity index (χ4v) is 4.47. The van der Waals surface area contributed by atoms with Crippen LogP contribution in [0.3, 0.4) is 0 Å². The number of carbonyl (C=O) groups is 1. The first-order chi connectivity index (χ1) is 14.1. The smallest absolute Gasteiger partial charge is 0.256 e. The molecule has 8 heteroatoms. The molecule has 0 aliphatic carbocycles. The topological polar surface area (TPSA) is 83.1 Å². The van der Waals surface area contributed by atoms with E-state index in [1.807, 2.05) is 30.3 Å². The molecule has 0 spiro atoms. The summed E-state index contributed by atoms with van der Waals surface area (Å²) in [5.74, 6) is 1.42. The largest absolute Gasteiger partial charge is 0.478 e. The molecule has 3 aromatic heterocycles. The number of ether oxygens (including phenoxy) is 1. The number of hydrogen-bond donors (Lipinski definition) is 2. The molecule has 0 bridgehead atoms. The lowest BCUT2D eigenvalue weighted by atomic mass is 10.0. The Hall–Kier alpha value is -2.87. The van der Waals surface area contributed by atoms with Crippen LogP contribution in [0.1, 0.15) is 35.0 Å². The van der Waals surface area contributed by atoms with Gasteiger partial charge in [-0.1, -0.05) is 0 Å². The van der Waals surface area contributed by atoms with Gasteiger partial charge in [-0.2, -0.15) is 0 Å². The quantitative estimate of drug-likeness (QED) is 0.642. The Morgan fingerprint density at radius 1 is 1.31 bits per heavy atom. The summed E-state index contributed by atoms with van der Waals surface area (Å²) in [5, 5.41) is 3.44. The van der Waals surface area contributed by atoms with E-state index in [1.165, 1.54) is 11.2 Å². The van der Waals surface area contributed by atoms with Crippen LogP contribution >= 0.6 is 11.3 Å². The van der Waals surface area contributed by atoms with Crippen LogP contribution in [0.5, 0.6) is 5.88 Å². The van der Waals surface area contributed by atoms with Crippen molar-refractivity contribution in [3.63, 3.8) is 0 Å². The summed E-state index contributed by atoms with van der Waals surface area (Å²) in [4.78, 5) is 28.9. The number of hydrogen-bond acceptors (Lipinski definition) is 6. The van der Waals surface area contributed by atoms with Crippen molar-refractivity contribution in [1.82, 2.24) is 19.9 Å². The first-order valence-corrected chi connectivity index (χ1v) is 10.7. The highest BCUT2D eigenvalue weighted by Gasteiger charge is 2.26. The van der Waals surface area contributed by atoms with Gasteiger partial charge in [-0.05, 0) is 38.8 Å². The summed E-state index contributed by atoms with van der Waals surface area (Å²) < 4.78 is 5.43. The average Bonchev–Trinajstić information content (AvgIpc) is 3.37. The molecule has 1 amide bonds. The minimum atomic E-state index is 0.0893. The van der Waals surface area contributed by atoms with Crippen LogP contribution in [0.25, 0.3) is 10.4 Å². The average molecular weight is 412 g/mol. The third kappa shape index (κ3) is 4.42. The second kappa shape index (κ2) is 8.65. The number of nitrogens with zero attached hydrogens (tertiary/aromatic N) is 3. The summed E-state index contributed by atoms with van der Waals surface area (Å²) in [6.07, 6.45) is 6.98. The predicted molar refractivity (Wildman–Crippen MR) is 115 cm³/mol. The second-order valence-electron chi connectivity index (χ2n) is 7.08. The molecule has 1 saturated heterocycles. The van der Waals surface area contributed by atoms with Crippen LogP contribution in [-0.4, -0.2) is 51.5 Å². The highest BCUT2D eigenvalue weighted by Crippen LogP contribution is 2.31. The Morgan fingerprint density at radius 3 is 2.86 bits per heavy atom. The molecule has 152 valence electrons. The number of amides is 1. The summed E-state index contributed by atoms with van der Waals surface area (Å²) >= 11 is 1.71. The summed E-state index contributed by atoms with van der Waals surface area (Å²) in [6.45, 7) is 6.01. The molecule has 29 heavy (non-hydrogen) atoms. The van der Waals surface area contributed by atoms with E-state index in [-0.39, 0.29) is 11.9 Å². The highest BCUT2D eigenvalue weighted by atomic mass is 32.1. The third-order valence-electron chi connectivity index (χ3n) is 5.05. The molecule has 0 atom stereocenters. The van der Waals surface area contributed by atoms with Crippen LogP contribution in [-0.2, 0) is 0 Å². The molecule has 2 N–H and O–H groups in total. The van der Waals surface area contributed by atoms with Gasteiger partial charge in [0.2, 0.25) is 5.88 Å². The molecule has 0 unspecified atom stereocenters. The fraction of sp³-hybridized carbons (Fsp3) is 0.381. The minimum absolute atomic E-state index is 0.0893. The van der Waals surface area contributed by atoms with Gasteiger partial charge < -0.3 is 19.9 Å². The first kappa shape index (κ1) is 19.4. The summed E-state index contributed by atoms with van der Waals surface area (Å²) in [7, 11) is 0. The van der Waals surface area contributed by atoms with Crippen molar-refractivity contribution in [3.05, 3.63) is 47.4 Å². The Morgan fingerprint density at radius 2 is 2.14 bits per heavy atom. The monoisotopic (exact) mass is 411 g/mol. The number of carbonyl (C=O) groups excluding carboxylic acids is 1. The number of aryl methyl sites for hydroxylation is 1. The van der Waals surface area contributed by atoms with Crippen LogP contribution < -0.4 is 10.1 Å². The molecule has 0 aromatic carbocycles. The van der Waals surface area contributed by atoms with E-state index >= 15 is 0 Å².